The first-order valence-corrected chi connectivity index (χ1v) is 5.26. The van der Waals surface area contributed by atoms with Crippen LogP contribution in [0.25, 0.3) is 6.08 Å². The van der Waals surface area contributed by atoms with E-state index < -0.39 is 0 Å². The second-order valence-corrected chi connectivity index (χ2v) is 3.53. The van der Waals surface area contributed by atoms with Gasteiger partial charge in [0.1, 0.15) is 18.1 Å². The molecular weight excluding hydrogens is 216 g/mol. The van der Waals surface area contributed by atoms with Gasteiger partial charge < -0.3 is 9.52 Å². The van der Waals surface area contributed by atoms with Crippen molar-refractivity contribution in [2.75, 3.05) is 0 Å². The van der Waals surface area contributed by atoms with Gasteiger partial charge in [-0.25, -0.2) is 0 Å². The van der Waals surface area contributed by atoms with E-state index in [0.717, 1.165) is 0 Å². The third-order valence-corrected chi connectivity index (χ3v) is 2.30. The standard InChI is InChI=1S/C14H12O3/c15-10-13-7-6-12(17-13)8-9-14(16)11-4-2-1-3-5-11/h1-9,15H,10H2/b9-8+. The number of aliphatic hydroxyl groups is 1. The number of hydrogen-bond donors (Lipinski definition) is 1. The molecule has 1 aromatic heterocycles. The highest BCUT2D eigenvalue weighted by molar-refractivity contribution is 6.06. The van der Waals surface area contributed by atoms with Crippen molar-refractivity contribution in [3.05, 3.63) is 65.6 Å². The molecule has 0 spiro atoms. The van der Waals surface area contributed by atoms with Gasteiger partial charge >= 0.3 is 0 Å². The Hall–Kier alpha value is -2.13. The molecular formula is C14H12O3. The van der Waals surface area contributed by atoms with Gasteiger partial charge in [0.05, 0.1) is 0 Å². The lowest BCUT2D eigenvalue weighted by molar-refractivity contribution is 0.104. The number of aliphatic hydroxyl groups excluding tert-OH is 1. The average molecular weight is 228 g/mol. The third-order valence-electron chi connectivity index (χ3n) is 2.30. The van der Waals surface area contributed by atoms with Crippen molar-refractivity contribution in [1.29, 1.82) is 0 Å². The first-order chi connectivity index (χ1) is 8.29. The maximum absolute atomic E-state index is 11.7. The van der Waals surface area contributed by atoms with Crippen molar-refractivity contribution in [3.63, 3.8) is 0 Å². The quantitative estimate of drug-likeness (QED) is 0.646. The second-order valence-electron chi connectivity index (χ2n) is 3.53. The van der Waals surface area contributed by atoms with Gasteiger partial charge in [0.15, 0.2) is 5.78 Å². The van der Waals surface area contributed by atoms with E-state index in [9.17, 15) is 4.79 Å². The van der Waals surface area contributed by atoms with Crippen LogP contribution in [0.15, 0.2) is 53.0 Å². The molecule has 3 heteroatoms. The van der Waals surface area contributed by atoms with E-state index >= 15 is 0 Å². The second kappa shape index (κ2) is 5.27. The van der Waals surface area contributed by atoms with E-state index in [4.69, 9.17) is 9.52 Å². The molecule has 86 valence electrons. The largest absolute Gasteiger partial charge is 0.459 e. The summed E-state index contributed by atoms with van der Waals surface area (Å²) in [7, 11) is 0. The molecule has 2 rings (SSSR count). The molecule has 0 bridgehead atoms. The molecule has 0 radical (unpaired) electrons. The first kappa shape index (κ1) is 11.4. The Kier molecular flexibility index (Phi) is 3.52. The number of carbonyl (C=O) groups excluding carboxylic acids is 1. The molecule has 0 aliphatic carbocycles. The predicted octanol–water partition coefficient (Wildman–Crippen LogP) is 2.67. The summed E-state index contributed by atoms with van der Waals surface area (Å²) in [5.74, 6) is 0.961. The molecule has 0 aliphatic heterocycles. The number of allylic oxidation sites excluding steroid dienone is 1. The lowest BCUT2D eigenvalue weighted by atomic mass is 10.1. The summed E-state index contributed by atoms with van der Waals surface area (Å²) in [6.07, 6.45) is 3.05. The van der Waals surface area contributed by atoms with E-state index in [1.54, 1.807) is 30.3 Å². The number of furan rings is 1. The molecule has 1 heterocycles. The monoisotopic (exact) mass is 228 g/mol. The number of carbonyl (C=O) groups is 1. The zero-order valence-corrected chi connectivity index (χ0v) is 9.17. The summed E-state index contributed by atoms with van der Waals surface area (Å²) in [6, 6.07) is 12.4. The third kappa shape index (κ3) is 2.92. The van der Waals surface area contributed by atoms with Crippen LogP contribution >= 0.6 is 0 Å². The maximum atomic E-state index is 11.7. The highest BCUT2D eigenvalue weighted by Gasteiger charge is 2.01. The van der Waals surface area contributed by atoms with E-state index in [1.807, 2.05) is 18.2 Å². The van der Waals surface area contributed by atoms with Crippen molar-refractivity contribution < 1.29 is 14.3 Å². The number of rotatable bonds is 4. The van der Waals surface area contributed by atoms with E-state index in [1.165, 1.54) is 6.08 Å². The highest BCUT2D eigenvalue weighted by atomic mass is 16.4. The summed E-state index contributed by atoms with van der Waals surface area (Å²) in [4.78, 5) is 11.7. The summed E-state index contributed by atoms with van der Waals surface area (Å²) in [6.45, 7) is -0.138. The van der Waals surface area contributed by atoms with Gasteiger partial charge in [-0.3, -0.25) is 4.79 Å². The maximum Gasteiger partial charge on any atom is 0.185 e. The molecule has 0 saturated heterocycles. The molecule has 0 unspecified atom stereocenters. The van der Waals surface area contributed by atoms with Crippen molar-refractivity contribution >= 4 is 11.9 Å². The van der Waals surface area contributed by atoms with Gasteiger partial charge in [-0.2, -0.15) is 0 Å². The molecule has 0 aliphatic rings. The lowest BCUT2D eigenvalue weighted by Crippen LogP contribution is -1.92. The smallest absolute Gasteiger partial charge is 0.185 e. The molecule has 0 atom stereocenters. The van der Waals surface area contributed by atoms with Crippen molar-refractivity contribution in [1.82, 2.24) is 0 Å². The normalized spacial score (nSPS) is 10.9. The minimum absolute atomic E-state index is 0.0763. The predicted molar refractivity (Wildman–Crippen MR) is 64.4 cm³/mol. The van der Waals surface area contributed by atoms with Gasteiger partial charge in [0, 0.05) is 5.56 Å². The van der Waals surface area contributed by atoms with E-state index in [0.29, 0.717) is 17.1 Å². The van der Waals surface area contributed by atoms with Crippen LogP contribution in [0.1, 0.15) is 21.9 Å². The summed E-state index contributed by atoms with van der Waals surface area (Å²) in [5, 5.41) is 8.82. The molecule has 3 nitrogen and oxygen atoms in total. The first-order valence-electron chi connectivity index (χ1n) is 5.26. The van der Waals surface area contributed by atoms with Crippen LogP contribution in [0.3, 0.4) is 0 Å². The van der Waals surface area contributed by atoms with Crippen LogP contribution in [0.2, 0.25) is 0 Å². The zero-order chi connectivity index (χ0) is 12.1. The molecule has 17 heavy (non-hydrogen) atoms. The fourth-order valence-electron chi connectivity index (χ4n) is 1.43. The fraction of sp³-hybridized carbons (Fsp3) is 0.0714. The van der Waals surface area contributed by atoms with Crippen LogP contribution in [0.4, 0.5) is 0 Å². The van der Waals surface area contributed by atoms with Crippen LogP contribution in [-0.4, -0.2) is 10.9 Å². The van der Waals surface area contributed by atoms with Crippen LogP contribution in [-0.2, 0) is 6.61 Å². The Morgan fingerprint density at radius 2 is 1.94 bits per heavy atom. The Morgan fingerprint density at radius 3 is 2.59 bits per heavy atom. The molecule has 0 fully saturated rings. The van der Waals surface area contributed by atoms with Crippen molar-refractivity contribution in [3.8, 4) is 0 Å². The Labute approximate surface area is 99.0 Å². The molecule has 1 aromatic carbocycles. The van der Waals surface area contributed by atoms with Crippen molar-refractivity contribution in [2.45, 2.75) is 6.61 Å². The topological polar surface area (TPSA) is 50.4 Å². The highest BCUT2D eigenvalue weighted by Crippen LogP contribution is 2.10. The Balaban J connectivity index is 2.08. The lowest BCUT2D eigenvalue weighted by Gasteiger charge is -1.93. The fourth-order valence-corrected chi connectivity index (χ4v) is 1.43. The number of ketones is 1. The summed E-state index contributed by atoms with van der Waals surface area (Å²) >= 11 is 0. The van der Waals surface area contributed by atoms with E-state index in [-0.39, 0.29) is 12.4 Å². The van der Waals surface area contributed by atoms with Gasteiger partial charge in [0.25, 0.3) is 0 Å². The van der Waals surface area contributed by atoms with Gasteiger partial charge in [-0.15, -0.1) is 0 Å². The Bertz CT molecular complexity index is 523. The van der Waals surface area contributed by atoms with Gasteiger partial charge in [-0.1, -0.05) is 30.3 Å². The van der Waals surface area contributed by atoms with Crippen molar-refractivity contribution in [2.24, 2.45) is 0 Å². The van der Waals surface area contributed by atoms with Crippen LogP contribution < -0.4 is 0 Å². The molecule has 2 aromatic rings. The molecule has 0 saturated carbocycles. The zero-order valence-electron chi connectivity index (χ0n) is 9.17. The number of hydrogen-bond acceptors (Lipinski definition) is 3. The van der Waals surface area contributed by atoms with E-state index in [2.05, 4.69) is 0 Å². The minimum atomic E-state index is -0.138. The van der Waals surface area contributed by atoms with Gasteiger partial charge in [-0.05, 0) is 24.3 Å². The number of benzene rings is 1. The molecule has 1 N–H and O–H groups in total. The average Bonchev–Trinajstić information content (AvgIpc) is 2.85. The minimum Gasteiger partial charge on any atom is -0.459 e. The van der Waals surface area contributed by atoms with Gasteiger partial charge in [0.2, 0.25) is 0 Å². The molecule has 0 amide bonds. The van der Waals surface area contributed by atoms with Crippen LogP contribution in [0, 0.1) is 0 Å². The summed E-state index contributed by atoms with van der Waals surface area (Å²) < 4.78 is 5.23. The van der Waals surface area contributed by atoms with Crippen LogP contribution in [0.5, 0.6) is 0 Å². The Morgan fingerprint density at radius 1 is 1.18 bits per heavy atom. The summed E-state index contributed by atoms with van der Waals surface area (Å²) in [5.41, 5.74) is 0.637. The SMILES string of the molecule is O=C(/C=C/c1ccc(CO)o1)c1ccccc1.